The standard InChI is InChI=1S/C17H22N2/c1-11(2)14-5-7-15(8-6-14)17-10-9-16(12(3)18)13(4)19-17/h5-12H,18H2,1-4H3. The maximum atomic E-state index is 5.92. The summed E-state index contributed by atoms with van der Waals surface area (Å²) in [6.07, 6.45) is 0. The molecule has 1 aromatic heterocycles. The lowest BCUT2D eigenvalue weighted by Gasteiger charge is -2.11. The first kappa shape index (κ1) is 13.8. The molecule has 1 aromatic carbocycles. The molecule has 1 heterocycles. The van der Waals surface area contributed by atoms with Crippen molar-refractivity contribution in [3.63, 3.8) is 0 Å². The van der Waals surface area contributed by atoms with E-state index in [1.165, 1.54) is 5.56 Å². The summed E-state index contributed by atoms with van der Waals surface area (Å²) in [4.78, 5) is 4.66. The molecule has 1 unspecified atom stereocenters. The normalized spacial score (nSPS) is 12.7. The average Bonchev–Trinajstić information content (AvgIpc) is 2.38. The van der Waals surface area contributed by atoms with E-state index in [2.05, 4.69) is 55.2 Å². The topological polar surface area (TPSA) is 38.9 Å². The predicted molar refractivity (Wildman–Crippen MR) is 81.1 cm³/mol. The van der Waals surface area contributed by atoms with Crippen molar-refractivity contribution in [1.82, 2.24) is 4.98 Å². The van der Waals surface area contributed by atoms with Crippen LogP contribution in [0.25, 0.3) is 11.3 Å². The second-order valence-electron chi connectivity index (χ2n) is 5.44. The Morgan fingerprint density at radius 3 is 2.05 bits per heavy atom. The van der Waals surface area contributed by atoms with E-state index in [-0.39, 0.29) is 6.04 Å². The Bertz CT molecular complexity index is 554. The first-order chi connectivity index (χ1) is 8.99. The summed E-state index contributed by atoms with van der Waals surface area (Å²) in [6.45, 7) is 8.41. The van der Waals surface area contributed by atoms with Crippen LogP contribution in [-0.2, 0) is 0 Å². The van der Waals surface area contributed by atoms with Crippen LogP contribution >= 0.6 is 0 Å². The van der Waals surface area contributed by atoms with Crippen LogP contribution in [0.5, 0.6) is 0 Å². The van der Waals surface area contributed by atoms with Crippen LogP contribution in [0.15, 0.2) is 36.4 Å². The summed E-state index contributed by atoms with van der Waals surface area (Å²) in [7, 11) is 0. The molecule has 0 bridgehead atoms. The number of aryl methyl sites for hydroxylation is 1. The van der Waals surface area contributed by atoms with Gasteiger partial charge in [0.05, 0.1) is 5.69 Å². The van der Waals surface area contributed by atoms with Gasteiger partial charge in [-0.05, 0) is 37.0 Å². The van der Waals surface area contributed by atoms with Crippen molar-refractivity contribution in [2.45, 2.75) is 39.7 Å². The highest BCUT2D eigenvalue weighted by molar-refractivity contribution is 5.60. The van der Waals surface area contributed by atoms with Gasteiger partial charge in [-0.25, -0.2) is 0 Å². The highest BCUT2D eigenvalue weighted by Crippen LogP contribution is 2.23. The lowest BCUT2D eigenvalue weighted by molar-refractivity contribution is 0.800. The largest absolute Gasteiger partial charge is 0.324 e. The molecule has 0 spiro atoms. The van der Waals surface area contributed by atoms with Gasteiger partial charge in [-0.15, -0.1) is 0 Å². The smallest absolute Gasteiger partial charge is 0.0705 e. The molecular weight excluding hydrogens is 232 g/mol. The molecule has 0 amide bonds. The molecule has 0 aliphatic rings. The molecule has 0 saturated carbocycles. The molecule has 2 aromatic rings. The predicted octanol–water partition coefficient (Wildman–Crippen LogP) is 4.20. The van der Waals surface area contributed by atoms with Gasteiger partial charge in [0.1, 0.15) is 0 Å². The highest BCUT2D eigenvalue weighted by atomic mass is 14.7. The Hall–Kier alpha value is -1.67. The molecule has 100 valence electrons. The number of aromatic nitrogens is 1. The fourth-order valence-corrected chi connectivity index (χ4v) is 2.25. The van der Waals surface area contributed by atoms with Gasteiger partial charge < -0.3 is 5.73 Å². The maximum absolute atomic E-state index is 5.92. The highest BCUT2D eigenvalue weighted by Gasteiger charge is 2.07. The van der Waals surface area contributed by atoms with Gasteiger partial charge in [0, 0.05) is 17.3 Å². The van der Waals surface area contributed by atoms with Crippen molar-refractivity contribution >= 4 is 0 Å². The minimum Gasteiger partial charge on any atom is -0.324 e. The van der Waals surface area contributed by atoms with E-state index in [1.54, 1.807) is 0 Å². The number of nitrogens with two attached hydrogens (primary N) is 1. The third kappa shape index (κ3) is 3.02. The Labute approximate surface area is 115 Å². The van der Waals surface area contributed by atoms with E-state index in [9.17, 15) is 0 Å². The van der Waals surface area contributed by atoms with Gasteiger partial charge in [-0.1, -0.05) is 44.2 Å². The monoisotopic (exact) mass is 254 g/mol. The first-order valence-electron chi connectivity index (χ1n) is 6.82. The number of benzene rings is 1. The number of pyridine rings is 1. The van der Waals surface area contributed by atoms with Gasteiger partial charge in [0.2, 0.25) is 0 Å². The summed E-state index contributed by atoms with van der Waals surface area (Å²) >= 11 is 0. The molecule has 2 rings (SSSR count). The van der Waals surface area contributed by atoms with Gasteiger partial charge in [-0.2, -0.15) is 0 Å². The van der Waals surface area contributed by atoms with Crippen LogP contribution in [0.2, 0.25) is 0 Å². The minimum absolute atomic E-state index is 0.0323. The van der Waals surface area contributed by atoms with E-state index in [0.717, 1.165) is 22.5 Å². The van der Waals surface area contributed by atoms with E-state index in [1.807, 2.05) is 13.8 Å². The summed E-state index contributed by atoms with van der Waals surface area (Å²) in [5.41, 5.74) is 11.6. The molecule has 2 heteroatoms. The van der Waals surface area contributed by atoms with Crippen LogP contribution in [0.1, 0.15) is 49.6 Å². The molecule has 0 fully saturated rings. The van der Waals surface area contributed by atoms with Gasteiger partial charge in [0.15, 0.2) is 0 Å². The molecular formula is C17H22N2. The third-order valence-electron chi connectivity index (χ3n) is 3.49. The van der Waals surface area contributed by atoms with E-state index < -0.39 is 0 Å². The fraction of sp³-hybridized carbons (Fsp3) is 0.353. The zero-order chi connectivity index (χ0) is 14.0. The SMILES string of the molecule is Cc1nc(-c2ccc(C(C)C)cc2)ccc1C(C)N. The van der Waals surface area contributed by atoms with Crippen LogP contribution in [0.4, 0.5) is 0 Å². The van der Waals surface area contributed by atoms with E-state index in [0.29, 0.717) is 5.92 Å². The summed E-state index contributed by atoms with van der Waals surface area (Å²) in [5.74, 6) is 0.559. The Morgan fingerprint density at radius 1 is 0.947 bits per heavy atom. The summed E-state index contributed by atoms with van der Waals surface area (Å²) in [5, 5.41) is 0. The summed E-state index contributed by atoms with van der Waals surface area (Å²) in [6, 6.07) is 12.8. The molecule has 2 N–H and O–H groups in total. The van der Waals surface area contributed by atoms with E-state index in [4.69, 9.17) is 5.73 Å². The summed E-state index contributed by atoms with van der Waals surface area (Å²) < 4.78 is 0. The van der Waals surface area contributed by atoms with Crippen LogP contribution < -0.4 is 5.73 Å². The van der Waals surface area contributed by atoms with E-state index >= 15 is 0 Å². The van der Waals surface area contributed by atoms with Crippen molar-refractivity contribution in [2.24, 2.45) is 5.73 Å². The lowest BCUT2D eigenvalue weighted by Crippen LogP contribution is -2.08. The minimum atomic E-state index is 0.0323. The second kappa shape index (κ2) is 5.54. The molecule has 0 saturated heterocycles. The Balaban J connectivity index is 2.34. The number of rotatable bonds is 3. The molecule has 2 nitrogen and oxygen atoms in total. The van der Waals surface area contributed by atoms with Crippen molar-refractivity contribution in [3.05, 3.63) is 53.2 Å². The van der Waals surface area contributed by atoms with Crippen LogP contribution in [0, 0.1) is 6.92 Å². The van der Waals surface area contributed by atoms with Gasteiger partial charge >= 0.3 is 0 Å². The first-order valence-corrected chi connectivity index (χ1v) is 6.82. The average molecular weight is 254 g/mol. The quantitative estimate of drug-likeness (QED) is 0.891. The fourth-order valence-electron chi connectivity index (χ4n) is 2.25. The van der Waals surface area contributed by atoms with Gasteiger partial charge in [-0.3, -0.25) is 4.98 Å². The van der Waals surface area contributed by atoms with Crippen molar-refractivity contribution in [2.75, 3.05) is 0 Å². The molecule has 1 atom stereocenters. The zero-order valence-electron chi connectivity index (χ0n) is 12.1. The Kier molecular flexibility index (Phi) is 4.01. The van der Waals surface area contributed by atoms with Crippen LogP contribution in [-0.4, -0.2) is 4.98 Å². The number of hydrogen-bond donors (Lipinski definition) is 1. The number of hydrogen-bond acceptors (Lipinski definition) is 2. The van der Waals surface area contributed by atoms with Crippen molar-refractivity contribution in [3.8, 4) is 11.3 Å². The molecule has 0 aliphatic heterocycles. The number of nitrogens with zero attached hydrogens (tertiary/aromatic N) is 1. The third-order valence-corrected chi connectivity index (χ3v) is 3.49. The van der Waals surface area contributed by atoms with Crippen molar-refractivity contribution in [1.29, 1.82) is 0 Å². The Morgan fingerprint density at radius 2 is 1.58 bits per heavy atom. The maximum Gasteiger partial charge on any atom is 0.0705 e. The lowest BCUT2D eigenvalue weighted by atomic mass is 10.00. The van der Waals surface area contributed by atoms with Gasteiger partial charge in [0.25, 0.3) is 0 Å². The van der Waals surface area contributed by atoms with Crippen LogP contribution in [0.3, 0.4) is 0 Å². The zero-order valence-corrected chi connectivity index (χ0v) is 12.1. The molecule has 19 heavy (non-hydrogen) atoms. The second-order valence-corrected chi connectivity index (χ2v) is 5.44. The molecule has 0 aliphatic carbocycles. The van der Waals surface area contributed by atoms with Crippen molar-refractivity contribution < 1.29 is 0 Å². The molecule has 0 radical (unpaired) electrons.